The number of likely N-dealkylation sites (N-methyl/N-ethyl adjacent to an activating group) is 1. The van der Waals surface area contributed by atoms with Gasteiger partial charge < -0.3 is 10.2 Å². The molecule has 7 nitrogen and oxygen atoms in total. The van der Waals surface area contributed by atoms with Crippen LogP contribution < -0.4 is 10.2 Å². The quantitative estimate of drug-likeness (QED) is 0.790. The number of sulfonamides is 1. The highest BCUT2D eigenvalue weighted by molar-refractivity contribution is 7.89. The third-order valence-corrected chi connectivity index (χ3v) is 7.94. The van der Waals surface area contributed by atoms with Gasteiger partial charge in [-0.3, -0.25) is 9.59 Å². The summed E-state index contributed by atoms with van der Waals surface area (Å²) >= 11 is 0. The molecule has 1 fully saturated rings. The standard InChI is InChI=1S/C21H31N3O4S/c1-14-7-5-6-8-19(14)22-21(26)13-23(4)29(27,28)18-9-10-20-17(12-18)11-15(2)24(20)16(3)25/h9-10,12,14-15,19H,5-8,11,13H2,1-4H3,(H,22,26)/t14-,15+,19-/m1/s1. The van der Waals surface area contributed by atoms with E-state index in [-0.39, 0.29) is 35.3 Å². The van der Waals surface area contributed by atoms with Crippen LogP contribution in [0.5, 0.6) is 0 Å². The van der Waals surface area contributed by atoms with E-state index in [0.29, 0.717) is 12.3 Å². The molecule has 0 bridgehead atoms. The van der Waals surface area contributed by atoms with Gasteiger partial charge in [-0.05, 0) is 55.9 Å². The maximum atomic E-state index is 13.0. The van der Waals surface area contributed by atoms with E-state index in [4.69, 9.17) is 0 Å². The topological polar surface area (TPSA) is 86.8 Å². The molecule has 1 saturated carbocycles. The van der Waals surface area contributed by atoms with Crippen LogP contribution >= 0.6 is 0 Å². The van der Waals surface area contributed by atoms with Crippen molar-refractivity contribution in [1.82, 2.24) is 9.62 Å². The Balaban J connectivity index is 1.71. The maximum absolute atomic E-state index is 13.0. The average molecular weight is 422 g/mol. The number of hydrogen-bond acceptors (Lipinski definition) is 4. The lowest BCUT2D eigenvalue weighted by atomic mass is 9.86. The van der Waals surface area contributed by atoms with Gasteiger partial charge in [0.05, 0.1) is 11.4 Å². The Hall–Kier alpha value is -1.93. The van der Waals surface area contributed by atoms with Crippen LogP contribution in [0.15, 0.2) is 23.1 Å². The largest absolute Gasteiger partial charge is 0.352 e. The van der Waals surface area contributed by atoms with Crippen molar-refractivity contribution in [3.8, 4) is 0 Å². The molecule has 0 unspecified atom stereocenters. The van der Waals surface area contributed by atoms with Gasteiger partial charge in [-0.15, -0.1) is 0 Å². The summed E-state index contributed by atoms with van der Waals surface area (Å²) in [7, 11) is -2.37. The second kappa shape index (κ2) is 8.44. The minimum Gasteiger partial charge on any atom is -0.352 e. The normalized spacial score (nSPS) is 24.4. The Morgan fingerprint density at radius 3 is 2.55 bits per heavy atom. The molecule has 0 radical (unpaired) electrons. The molecular formula is C21H31N3O4S. The van der Waals surface area contributed by atoms with Gasteiger partial charge in [0.25, 0.3) is 0 Å². The number of rotatable bonds is 5. The zero-order chi connectivity index (χ0) is 21.3. The monoisotopic (exact) mass is 421 g/mol. The Morgan fingerprint density at radius 2 is 1.90 bits per heavy atom. The highest BCUT2D eigenvalue weighted by atomic mass is 32.2. The first-order chi connectivity index (χ1) is 13.6. The van der Waals surface area contributed by atoms with Crippen molar-refractivity contribution in [2.24, 2.45) is 5.92 Å². The summed E-state index contributed by atoms with van der Waals surface area (Å²) < 4.78 is 27.1. The van der Waals surface area contributed by atoms with Crippen molar-refractivity contribution < 1.29 is 18.0 Å². The molecular weight excluding hydrogens is 390 g/mol. The van der Waals surface area contributed by atoms with Crippen LogP contribution in [0, 0.1) is 5.92 Å². The van der Waals surface area contributed by atoms with Gasteiger partial charge in [0, 0.05) is 31.7 Å². The Kier molecular flexibility index (Phi) is 6.33. The molecule has 1 N–H and O–H groups in total. The summed E-state index contributed by atoms with van der Waals surface area (Å²) in [4.78, 5) is 26.1. The van der Waals surface area contributed by atoms with Crippen LogP contribution in [0.25, 0.3) is 0 Å². The first kappa shape index (κ1) is 21.8. The number of nitrogens with one attached hydrogen (secondary N) is 1. The van der Waals surface area contributed by atoms with Crippen molar-refractivity contribution in [1.29, 1.82) is 0 Å². The van der Waals surface area contributed by atoms with Crippen LogP contribution in [-0.2, 0) is 26.0 Å². The van der Waals surface area contributed by atoms with Gasteiger partial charge in [-0.1, -0.05) is 19.8 Å². The third kappa shape index (κ3) is 4.48. The van der Waals surface area contributed by atoms with Crippen molar-refractivity contribution in [3.63, 3.8) is 0 Å². The summed E-state index contributed by atoms with van der Waals surface area (Å²) in [5.74, 6) is 0.0856. The van der Waals surface area contributed by atoms with E-state index < -0.39 is 10.0 Å². The molecule has 29 heavy (non-hydrogen) atoms. The number of benzene rings is 1. The highest BCUT2D eigenvalue weighted by Gasteiger charge is 2.32. The zero-order valence-electron chi connectivity index (χ0n) is 17.6. The van der Waals surface area contributed by atoms with E-state index in [1.807, 2.05) is 6.92 Å². The molecule has 1 aliphatic carbocycles. The van der Waals surface area contributed by atoms with Crippen molar-refractivity contribution in [3.05, 3.63) is 23.8 Å². The molecule has 1 aromatic rings. The van der Waals surface area contributed by atoms with Crippen molar-refractivity contribution in [2.45, 2.75) is 69.9 Å². The van der Waals surface area contributed by atoms with Crippen molar-refractivity contribution in [2.75, 3.05) is 18.5 Å². The van der Waals surface area contributed by atoms with Crippen molar-refractivity contribution >= 4 is 27.5 Å². The first-order valence-electron chi connectivity index (χ1n) is 10.3. The summed E-state index contributed by atoms with van der Waals surface area (Å²) in [6, 6.07) is 4.94. The molecule has 0 aromatic heterocycles. The Bertz CT molecular complexity index is 899. The number of fused-ring (bicyclic) bond motifs is 1. The van der Waals surface area contributed by atoms with Gasteiger partial charge in [0.15, 0.2) is 0 Å². The Labute approximate surface area is 173 Å². The van der Waals surface area contributed by atoms with Gasteiger partial charge >= 0.3 is 0 Å². The number of carbonyl (C=O) groups excluding carboxylic acids is 2. The van der Waals surface area contributed by atoms with E-state index in [9.17, 15) is 18.0 Å². The summed E-state index contributed by atoms with van der Waals surface area (Å²) in [6.07, 6.45) is 4.92. The fourth-order valence-corrected chi connectivity index (χ4v) is 5.68. The number of hydrogen-bond donors (Lipinski definition) is 1. The minimum absolute atomic E-state index is 0.00134. The third-order valence-electron chi connectivity index (χ3n) is 6.14. The fraction of sp³-hybridized carbons (Fsp3) is 0.619. The van der Waals surface area contributed by atoms with Crippen LogP contribution in [0.1, 0.15) is 52.0 Å². The highest BCUT2D eigenvalue weighted by Crippen LogP contribution is 2.34. The number of anilines is 1. The Morgan fingerprint density at radius 1 is 1.21 bits per heavy atom. The SMILES string of the molecule is CC(=O)N1c2ccc(S(=O)(=O)N(C)CC(=O)N[C@@H]3CCCC[C@H]3C)cc2C[C@@H]1C. The van der Waals surface area contributed by atoms with E-state index in [1.54, 1.807) is 17.0 Å². The summed E-state index contributed by atoms with van der Waals surface area (Å²) in [5.41, 5.74) is 1.60. The van der Waals surface area contributed by atoms with Crippen LogP contribution in [0.2, 0.25) is 0 Å². The van der Waals surface area contributed by atoms with Gasteiger partial charge in [-0.25, -0.2) is 8.42 Å². The molecule has 2 amide bonds. The molecule has 0 spiro atoms. The average Bonchev–Trinajstić information content (AvgIpc) is 2.98. The molecule has 1 heterocycles. The lowest BCUT2D eigenvalue weighted by molar-refractivity contribution is -0.122. The zero-order valence-corrected chi connectivity index (χ0v) is 18.5. The lowest BCUT2D eigenvalue weighted by Crippen LogP contribution is -2.46. The van der Waals surface area contributed by atoms with Crippen LogP contribution in [-0.4, -0.2) is 50.2 Å². The van der Waals surface area contributed by atoms with Gasteiger partial charge in [0.2, 0.25) is 21.8 Å². The predicted molar refractivity (Wildman–Crippen MR) is 112 cm³/mol. The van der Waals surface area contributed by atoms with E-state index in [0.717, 1.165) is 34.8 Å². The van der Waals surface area contributed by atoms with E-state index in [1.165, 1.54) is 26.5 Å². The molecule has 8 heteroatoms. The molecule has 3 rings (SSSR count). The smallest absolute Gasteiger partial charge is 0.243 e. The first-order valence-corrected chi connectivity index (χ1v) is 11.7. The number of nitrogens with zero attached hydrogens (tertiary/aromatic N) is 2. The molecule has 160 valence electrons. The lowest BCUT2D eigenvalue weighted by Gasteiger charge is -2.30. The summed E-state index contributed by atoms with van der Waals surface area (Å²) in [5, 5.41) is 3.00. The van der Waals surface area contributed by atoms with Gasteiger partial charge in [0.1, 0.15) is 0 Å². The van der Waals surface area contributed by atoms with Crippen LogP contribution in [0.4, 0.5) is 5.69 Å². The van der Waals surface area contributed by atoms with Crippen LogP contribution in [0.3, 0.4) is 0 Å². The fourth-order valence-electron chi connectivity index (χ4n) is 4.50. The predicted octanol–water partition coefficient (Wildman–Crippen LogP) is 2.30. The van der Waals surface area contributed by atoms with E-state index in [2.05, 4.69) is 12.2 Å². The van der Waals surface area contributed by atoms with Gasteiger partial charge in [-0.2, -0.15) is 4.31 Å². The second-order valence-electron chi connectivity index (χ2n) is 8.43. The number of carbonyl (C=O) groups is 2. The molecule has 1 aliphatic heterocycles. The van der Waals surface area contributed by atoms with E-state index >= 15 is 0 Å². The summed E-state index contributed by atoms with van der Waals surface area (Å²) in [6.45, 7) is 5.37. The molecule has 2 aliphatic rings. The second-order valence-corrected chi connectivity index (χ2v) is 10.5. The number of amides is 2. The molecule has 1 aromatic carbocycles. The minimum atomic E-state index is -3.80. The molecule has 0 saturated heterocycles. The molecule has 3 atom stereocenters. The maximum Gasteiger partial charge on any atom is 0.243 e.